The molecule has 1 aromatic heterocycles. The van der Waals surface area contributed by atoms with Gasteiger partial charge in [-0.3, -0.25) is 4.79 Å². The van der Waals surface area contributed by atoms with Crippen LogP contribution in [-0.2, 0) is 13.2 Å². The summed E-state index contributed by atoms with van der Waals surface area (Å²) in [5, 5.41) is 0.258. The van der Waals surface area contributed by atoms with Crippen LogP contribution in [0.1, 0.15) is 12.5 Å². The zero-order valence-corrected chi connectivity index (χ0v) is 15.4. The molecule has 2 aromatic carbocycles. The molecule has 0 aliphatic rings. The maximum absolute atomic E-state index is 13.5. The molecular weight excluding hydrogens is 393 g/mol. The van der Waals surface area contributed by atoms with Crippen molar-refractivity contribution in [2.75, 3.05) is 0 Å². The number of pyridine rings is 1. The van der Waals surface area contributed by atoms with Gasteiger partial charge >= 0.3 is 12.3 Å². The smallest absolute Gasteiger partial charge is 0.421 e. The summed E-state index contributed by atoms with van der Waals surface area (Å²) in [4.78, 5) is 12.1. The zero-order valence-electron chi connectivity index (χ0n) is 15.4. The van der Waals surface area contributed by atoms with Gasteiger partial charge in [-0.2, -0.15) is 22.0 Å². The molecule has 0 aliphatic carbocycles. The molecule has 29 heavy (non-hydrogen) atoms. The Morgan fingerprint density at radius 2 is 1.55 bits per heavy atom. The predicted octanol–water partition coefficient (Wildman–Crippen LogP) is 5.77. The maximum Gasteiger partial charge on any atom is 0.421 e. The number of aromatic nitrogens is 1. The first-order valence-corrected chi connectivity index (χ1v) is 8.54. The van der Waals surface area contributed by atoms with E-state index in [2.05, 4.69) is 4.74 Å². The van der Waals surface area contributed by atoms with Crippen molar-refractivity contribution in [3.8, 4) is 16.9 Å². The number of aryl methyl sites for hydroxylation is 1. The van der Waals surface area contributed by atoms with E-state index in [1.165, 1.54) is 38.2 Å². The van der Waals surface area contributed by atoms with Crippen LogP contribution in [-0.4, -0.2) is 10.7 Å². The van der Waals surface area contributed by atoms with Gasteiger partial charge in [0.1, 0.15) is 11.3 Å². The van der Waals surface area contributed by atoms with Crippen LogP contribution in [0.15, 0.2) is 65.5 Å². The standard InChI is InChI=1S/C21H16F5NO2/c1-3-10-20(22,23)29-16-8-6-13(7-9-16)14-4-5-15-11-17(21(24,25)26)19(28)27(2)18(15)12-14/h3-12H,1-2H3. The van der Waals surface area contributed by atoms with E-state index in [4.69, 9.17) is 0 Å². The summed E-state index contributed by atoms with van der Waals surface area (Å²) in [6.45, 7) is 1.45. The molecule has 3 aromatic rings. The van der Waals surface area contributed by atoms with Gasteiger partial charge < -0.3 is 9.30 Å². The van der Waals surface area contributed by atoms with Crippen molar-refractivity contribution in [1.29, 1.82) is 0 Å². The molecule has 0 unspecified atom stereocenters. The molecule has 152 valence electrons. The second-order valence-electron chi connectivity index (χ2n) is 6.38. The molecule has 8 heteroatoms. The average molecular weight is 409 g/mol. The van der Waals surface area contributed by atoms with Crippen molar-refractivity contribution in [3.05, 3.63) is 76.6 Å². The van der Waals surface area contributed by atoms with Crippen molar-refractivity contribution in [1.82, 2.24) is 4.57 Å². The van der Waals surface area contributed by atoms with E-state index in [0.29, 0.717) is 22.7 Å². The lowest BCUT2D eigenvalue weighted by Crippen LogP contribution is -2.26. The van der Waals surface area contributed by atoms with E-state index in [9.17, 15) is 26.7 Å². The molecule has 0 saturated heterocycles. The topological polar surface area (TPSA) is 31.2 Å². The first-order chi connectivity index (χ1) is 13.5. The minimum Gasteiger partial charge on any atom is -0.429 e. The second kappa shape index (κ2) is 7.35. The average Bonchev–Trinajstić information content (AvgIpc) is 2.63. The molecular formula is C21H16F5NO2. The van der Waals surface area contributed by atoms with Crippen LogP contribution in [0, 0.1) is 0 Å². The fourth-order valence-electron chi connectivity index (χ4n) is 2.95. The van der Waals surface area contributed by atoms with Gasteiger partial charge in [0.2, 0.25) is 0 Å². The lowest BCUT2D eigenvalue weighted by atomic mass is 10.0. The quantitative estimate of drug-likeness (QED) is 0.405. The number of fused-ring (bicyclic) bond motifs is 1. The van der Waals surface area contributed by atoms with Crippen LogP contribution in [0.3, 0.4) is 0 Å². The molecule has 1 heterocycles. The fourth-order valence-corrected chi connectivity index (χ4v) is 2.95. The third kappa shape index (κ3) is 4.31. The Morgan fingerprint density at radius 1 is 0.931 bits per heavy atom. The Labute approximate surface area is 162 Å². The zero-order chi connectivity index (χ0) is 21.4. The number of ether oxygens (including phenoxy) is 1. The minimum absolute atomic E-state index is 0.0418. The van der Waals surface area contributed by atoms with E-state index >= 15 is 0 Å². The van der Waals surface area contributed by atoms with Crippen molar-refractivity contribution < 1.29 is 26.7 Å². The van der Waals surface area contributed by atoms with Crippen molar-refractivity contribution in [2.45, 2.75) is 19.2 Å². The van der Waals surface area contributed by atoms with E-state index in [-0.39, 0.29) is 11.1 Å². The lowest BCUT2D eigenvalue weighted by Gasteiger charge is -2.15. The number of alkyl halides is 5. The highest BCUT2D eigenvalue weighted by molar-refractivity contribution is 5.85. The molecule has 0 atom stereocenters. The van der Waals surface area contributed by atoms with Crippen LogP contribution in [0.4, 0.5) is 22.0 Å². The van der Waals surface area contributed by atoms with E-state index in [1.54, 1.807) is 24.3 Å². The molecule has 0 fully saturated rings. The number of benzene rings is 2. The van der Waals surface area contributed by atoms with Crippen molar-refractivity contribution >= 4 is 10.9 Å². The van der Waals surface area contributed by atoms with Crippen LogP contribution in [0.2, 0.25) is 0 Å². The summed E-state index contributed by atoms with van der Waals surface area (Å²) in [6.07, 6.45) is -6.38. The first kappa shape index (κ1) is 20.6. The van der Waals surface area contributed by atoms with E-state index < -0.39 is 23.4 Å². The summed E-state index contributed by atoms with van der Waals surface area (Å²) < 4.78 is 71.6. The molecule has 0 aliphatic heterocycles. The third-order valence-electron chi connectivity index (χ3n) is 4.33. The second-order valence-corrected chi connectivity index (χ2v) is 6.38. The minimum atomic E-state index is -4.74. The summed E-state index contributed by atoms with van der Waals surface area (Å²) in [6, 6.07) is 11.3. The number of hydrogen-bond donors (Lipinski definition) is 0. The van der Waals surface area contributed by atoms with Gasteiger partial charge in [-0.25, -0.2) is 0 Å². The number of allylic oxidation sites excluding steroid dienone is 1. The molecule has 0 amide bonds. The third-order valence-corrected chi connectivity index (χ3v) is 4.33. The Balaban J connectivity index is 1.99. The van der Waals surface area contributed by atoms with Crippen LogP contribution >= 0.6 is 0 Å². The fraction of sp³-hybridized carbons (Fsp3) is 0.190. The van der Waals surface area contributed by atoms with Gasteiger partial charge in [0.25, 0.3) is 5.56 Å². The molecule has 0 bridgehead atoms. The maximum atomic E-state index is 13.5. The molecule has 0 N–H and O–H groups in total. The summed E-state index contributed by atoms with van der Waals surface area (Å²) in [5.41, 5.74) is -0.818. The number of nitrogens with zero attached hydrogens (tertiary/aromatic N) is 1. The van der Waals surface area contributed by atoms with Crippen LogP contribution < -0.4 is 10.3 Å². The summed E-state index contributed by atoms with van der Waals surface area (Å²) in [7, 11) is 1.27. The van der Waals surface area contributed by atoms with Crippen LogP contribution in [0.5, 0.6) is 5.75 Å². The lowest BCUT2D eigenvalue weighted by molar-refractivity contribution is -0.138. The predicted molar refractivity (Wildman–Crippen MR) is 100 cm³/mol. The van der Waals surface area contributed by atoms with Crippen molar-refractivity contribution in [3.63, 3.8) is 0 Å². The Morgan fingerprint density at radius 3 is 2.14 bits per heavy atom. The first-order valence-electron chi connectivity index (χ1n) is 8.54. The van der Waals surface area contributed by atoms with Gasteiger partial charge in [-0.05, 0) is 47.7 Å². The largest absolute Gasteiger partial charge is 0.429 e. The summed E-state index contributed by atoms with van der Waals surface area (Å²) in [5.74, 6) is -0.0418. The SMILES string of the molecule is CC=CC(F)(F)Oc1ccc(-c2ccc3cc(C(F)(F)F)c(=O)n(C)c3c2)cc1. The number of hydrogen-bond acceptors (Lipinski definition) is 2. The van der Waals surface area contributed by atoms with Crippen LogP contribution in [0.25, 0.3) is 22.0 Å². The van der Waals surface area contributed by atoms with Gasteiger partial charge in [0, 0.05) is 13.1 Å². The highest BCUT2D eigenvalue weighted by atomic mass is 19.4. The molecule has 0 saturated carbocycles. The van der Waals surface area contributed by atoms with Gasteiger partial charge in [-0.15, -0.1) is 0 Å². The monoisotopic (exact) mass is 409 g/mol. The molecule has 0 radical (unpaired) electrons. The number of halogens is 5. The Kier molecular flexibility index (Phi) is 5.21. The van der Waals surface area contributed by atoms with E-state index in [0.717, 1.165) is 10.6 Å². The molecule has 0 spiro atoms. The highest BCUT2D eigenvalue weighted by Gasteiger charge is 2.34. The van der Waals surface area contributed by atoms with Gasteiger partial charge in [0.05, 0.1) is 5.52 Å². The van der Waals surface area contributed by atoms with E-state index in [1.807, 2.05) is 0 Å². The summed E-state index contributed by atoms with van der Waals surface area (Å²) >= 11 is 0. The Hall–Kier alpha value is -3.16. The normalized spacial score (nSPS) is 12.7. The number of rotatable bonds is 4. The van der Waals surface area contributed by atoms with Gasteiger partial charge in [0.15, 0.2) is 0 Å². The van der Waals surface area contributed by atoms with Gasteiger partial charge in [-0.1, -0.05) is 30.3 Å². The molecule has 3 nitrogen and oxygen atoms in total. The Bertz CT molecular complexity index is 1130. The molecule has 3 rings (SSSR count). The highest BCUT2D eigenvalue weighted by Crippen LogP contribution is 2.31. The van der Waals surface area contributed by atoms with Crippen molar-refractivity contribution in [2.24, 2.45) is 7.05 Å².